The van der Waals surface area contributed by atoms with Crippen molar-refractivity contribution in [1.29, 1.82) is 0 Å². The molecule has 1 fully saturated rings. The number of hydrogen-bond donors (Lipinski definition) is 1. The summed E-state index contributed by atoms with van der Waals surface area (Å²) < 4.78 is 5.35. The van der Waals surface area contributed by atoms with E-state index in [2.05, 4.69) is 31.0 Å². The van der Waals surface area contributed by atoms with Crippen LogP contribution < -0.4 is 5.32 Å². The van der Waals surface area contributed by atoms with E-state index in [4.69, 9.17) is 4.74 Å². The number of hydrogen-bond acceptors (Lipinski definition) is 3. The third kappa shape index (κ3) is 3.56. The van der Waals surface area contributed by atoms with Crippen LogP contribution in [0.15, 0.2) is 0 Å². The van der Waals surface area contributed by atoms with Crippen LogP contribution in [-0.4, -0.2) is 49.8 Å². The van der Waals surface area contributed by atoms with Crippen LogP contribution in [0.5, 0.6) is 0 Å². The van der Waals surface area contributed by atoms with Gasteiger partial charge in [0.1, 0.15) is 0 Å². The van der Waals surface area contributed by atoms with E-state index in [1.165, 1.54) is 6.54 Å². The van der Waals surface area contributed by atoms with Crippen molar-refractivity contribution in [3.8, 4) is 0 Å². The second-order valence-electron chi connectivity index (χ2n) is 4.14. The van der Waals surface area contributed by atoms with E-state index < -0.39 is 0 Å². The zero-order chi connectivity index (χ0) is 10.4. The molecule has 84 valence electrons. The molecule has 2 atom stereocenters. The lowest BCUT2D eigenvalue weighted by molar-refractivity contribution is 0.0883. The average molecular weight is 200 g/mol. The van der Waals surface area contributed by atoms with E-state index in [0.717, 1.165) is 32.7 Å². The quantitative estimate of drug-likeness (QED) is 0.673. The Morgan fingerprint density at radius 3 is 2.50 bits per heavy atom. The lowest BCUT2D eigenvalue weighted by Crippen LogP contribution is -2.55. The van der Waals surface area contributed by atoms with E-state index in [0.29, 0.717) is 12.1 Å². The molecule has 14 heavy (non-hydrogen) atoms. The number of piperazine rings is 1. The van der Waals surface area contributed by atoms with Crippen LogP contribution in [0.4, 0.5) is 0 Å². The molecule has 1 heterocycles. The molecule has 0 saturated carbocycles. The fourth-order valence-corrected chi connectivity index (χ4v) is 2.10. The summed E-state index contributed by atoms with van der Waals surface area (Å²) in [6.45, 7) is 11.8. The van der Waals surface area contributed by atoms with Gasteiger partial charge in [-0.25, -0.2) is 0 Å². The Morgan fingerprint density at radius 2 is 1.93 bits per heavy atom. The van der Waals surface area contributed by atoms with Crippen LogP contribution in [0.25, 0.3) is 0 Å². The van der Waals surface area contributed by atoms with E-state index in [9.17, 15) is 0 Å². The predicted octanol–water partition coefficient (Wildman–Crippen LogP) is 1.10. The van der Waals surface area contributed by atoms with Crippen LogP contribution >= 0.6 is 0 Å². The van der Waals surface area contributed by atoms with Gasteiger partial charge >= 0.3 is 0 Å². The van der Waals surface area contributed by atoms with E-state index in [-0.39, 0.29) is 0 Å². The van der Waals surface area contributed by atoms with Gasteiger partial charge in [0.2, 0.25) is 0 Å². The molecule has 0 bridgehead atoms. The molecule has 0 aromatic heterocycles. The van der Waals surface area contributed by atoms with Crippen LogP contribution in [-0.2, 0) is 4.74 Å². The highest BCUT2D eigenvalue weighted by Crippen LogP contribution is 2.09. The number of nitrogens with one attached hydrogen (secondary N) is 1. The number of nitrogens with zero attached hydrogens (tertiary/aromatic N) is 1. The first kappa shape index (κ1) is 12.0. The topological polar surface area (TPSA) is 24.5 Å². The highest BCUT2D eigenvalue weighted by molar-refractivity contribution is 4.82. The second-order valence-corrected chi connectivity index (χ2v) is 4.14. The molecule has 0 amide bonds. The standard InChI is InChI=1S/C11H24N2O/c1-4-14-7-5-6-13-10(2)8-12-9-11(13)3/h10-12H,4-9H2,1-3H3. The molecular weight excluding hydrogens is 176 g/mol. The summed E-state index contributed by atoms with van der Waals surface area (Å²) >= 11 is 0. The summed E-state index contributed by atoms with van der Waals surface area (Å²) in [5, 5.41) is 3.44. The minimum Gasteiger partial charge on any atom is -0.382 e. The van der Waals surface area contributed by atoms with Crippen molar-refractivity contribution in [3.05, 3.63) is 0 Å². The summed E-state index contributed by atoms with van der Waals surface area (Å²) in [7, 11) is 0. The Kier molecular flexibility index (Phi) is 5.45. The zero-order valence-electron chi connectivity index (χ0n) is 9.75. The third-order valence-electron chi connectivity index (χ3n) is 2.92. The first-order valence-corrected chi connectivity index (χ1v) is 5.80. The van der Waals surface area contributed by atoms with Gasteiger partial charge in [0.05, 0.1) is 0 Å². The summed E-state index contributed by atoms with van der Waals surface area (Å²) in [5.41, 5.74) is 0. The van der Waals surface area contributed by atoms with Gasteiger partial charge in [0, 0.05) is 44.9 Å². The molecule has 3 nitrogen and oxygen atoms in total. The maximum absolute atomic E-state index is 5.35. The smallest absolute Gasteiger partial charge is 0.0478 e. The predicted molar refractivity (Wildman–Crippen MR) is 59.6 cm³/mol. The monoisotopic (exact) mass is 200 g/mol. The Morgan fingerprint density at radius 1 is 1.29 bits per heavy atom. The first-order chi connectivity index (χ1) is 6.75. The molecule has 0 aliphatic carbocycles. The van der Waals surface area contributed by atoms with Crippen molar-refractivity contribution in [2.24, 2.45) is 0 Å². The van der Waals surface area contributed by atoms with Crippen molar-refractivity contribution in [2.45, 2.75) is 39.3 Å². The molecule has 1 aliphatic heterocycles. The summed E-state index contributed by atoms with van der Waals surface area (Å²) in [4.78, 5) is 2.58. The fourth-order valence-electron chi connectivity index (χ4n) is 2.10. The van der Waals surface area contributed by atoms with Crippen molar-refractivity contribution in [1.82, 2.24) is 10.2 Å². The van der Waals surface area contributed by atoms with Crippen LogP contribution in [0.3, 0.4) is 0 Å². The second kappa shape index (κ2) is 6.38. The molecule has 2 unspecified atom stereocenters. The average Bonchev–Trinajstić information content (AvgIpc) is 2.16. The maximum atomic E-state index is 5.35. The minimum absolute atomic E-state index is 0.667. The minimum atomic E-state index is 0.667. The lowest BCUT2D eigenvalue weighted by atomic mass is 10.1. The highest BCUT2D eigenvalue weighted by atomic mass is 16.5. The number of ether oxygens (including phenoxy) is 1. The molecule has 3 heteroatoms. The molecule has 1 N–H and O–H groups in total. The van der Waals surface area contributed by atoms with Crippen LogP contribution in [0.1, 0.15) is 27.2 Å². The number of rotatable bonds is 5. The molecule has 0 radical (unpaired) electrons. The zero-order valence-corrected chi connectivity index (χ0v) is 9.75. The Balaban J connectivity index is 2.19. The SMILES string of the molecule is CCOCCCN1C(C)CNCC1C. The van der Waals surface area contributed by atoms with Crippen LogP contribution in [0, 0.1) is 0 Å². The fraction of sp³-hybridized carbons (Fsp3) is 1.00. The Hall–Kier alpha value is -0.120. The lowest BCUT2D eigenvalue weighted by Gasteiger charge is -2.39. The van der Waals surface area contributed by atoms with Gasteiger partial charge in [-0.15, -0.1) is 0 Å². The van der Waals surface area contributed by atoms with Crippen molar-refractivity contribution in [2.75, 3.05) is 32.8 Å². The third-order valence-corrected chi connectivity index (χ3v) is 2.92. The van der Waals surface area contributed by atoms with E-state index in [1.54, 1.807) is 0 Å². The normalized spacial score (nSPS) is 29.4. The highest BCUT2D eigenvalue weighted by Gasteiger charge is 2.23. The van der Waals surface area contributed by atoms with Crippen molar-refractivity contribution < 1.29 is 4.74 Å². The van der Waals surface area contributed by atoms with E-state index in [1.807, 2.05) is 0 Å². The largest absolute Gasteiger partial charge is 0.382 e. The van der Waals surface area contributed by atoms with Gasteiger partial charge < -0.3 is 10.1 Å². The van der Waals surface area contributed by atoms with Crippen LogP contribution in [0.2, 0.25) is 0 Å². The van der Waals surface area contributed by atoms with Gasteiger partial charge in [-0.3, -0.25) is 4.90 Å². The molecular formula is C11H24N2O. The maximum Gasteiger partial charge on any atom is 0.0478 e. The molecule has 1 rings (SSSR count). The molecule has 0 aromatic carbocycles. The first-order valence-electron chi connectivity index (χ1n) is 5.80. The van der Waals surface area contributed by atoms with Gasteiger partial charge in [-0.05, 0) is 27.2 Å². The van der Waals surface area contributed by atoms with Gasteiger partial charge in [-0.2, -0.15) is 0 Å². The molecule has 1 saturated heterocycles. The summed E-state index contributed by atoms with van der Waals surface area (Å²) in [6.07, 6.45) is 1.16. The summed E-state index contributed by atoms with van der Waals surface area (Å²) in [6, 6.07) is 1.33. The molecule has 0 aromatic rings. The van der Waals surface area contributed by atoms with Gasteiger partial charge in [0.25, 0.3) is 0 Å². The Labute approximate surface area is 87.8 Å². The molecule has 0 spiro atoms. The van der Waals surface area contributed by atoms with Gasteiger partial charge in [0.15, 0.2) is 0 Å². The van der Waals surface area contributed by atoms with Crippen molar-refractivity contribution in [3.63, 3.8) is 0 Å². The Bertz CT molecular complexity index is 142. The summed E-state index contributed by atoms with van der Waals surface area (Å²) in [5.74, 6) is 0. The van der Waals surface area contributed by atoms with Gasteiger partial charge in [-0.1, -0.05) is 0 Å². The van der Waals surface area contributed by atoms with Crippen molar-refractivity contribution >= 4 is 0 Å². The van der Waals surface area contributed by atoms with E-state index >= 15 is 0 Å². The molecule has 1 aliphatic rings.